The zero-order valence-electron chi connectivity index (χ0n) is 11.3. The van der Waals surface area contributed by atoms with Gasteiger partial charge in [-0.25, -0.2) is 0 Å². The van der Waals surface area contributed by atoms with Gasteiger partial charge in [-0.2, -0.15) is 0 Å². The van der Waals surface area contributed by atoms with Crippen LogP contribution in [0, 0.1) is 11.8 Å². The molecule has 1 fully saturated rings. The van der Waals surface area contributed by atoms with Crippen LogP contribution in [-0.2, 0) is 20.9 Å². The van der Waals surface area contributed by atoms with E-state index in [0.717, 1.165) is 5.56 Å². The van der Waals surface area contributed by atoms with Crippen LogP contribution < -0.4 is 0 Å². The first-order valence-electron chi connectivity index (χ1n) is 6.51. The maximum atomic E-state index is 12.0. The van der Waals surface area contributed by atoms with E-state index in [2.05, 4.69) is 0 Å². The molecule has 0 unspecified atom stereocenters. The van der Waals surface area contributed by atoms with E-state index >= 15 is 0 Å². The zero-order valence-corrected chi connectivity index (χ0v) is 11.3. The largest absolute Gasteiger partial charge is 0.469 e. The van der Waals surface area contributed by atoms with Crippen molar-refractivity contribution in [3.63, 3.8) is 0 Å². The van der Waals surface area contributed by atoms with Gasteiger partial charge in [0.1, 0.15) is 0 Å². The molecule has 1 aromatic carbocycles. The van der Waals surface area contributed by atoms with Gasteiger partial charge in [-0.3, -0.25) is 9.59 Å². The maximum Gasteiger partial charge on any atom is 0.310 e. The second-order valence-electron chi connectivity index (χ2n) is 5.07. The Labute approximate surface area is 113 Å². The molecule has 1 heterocycles. The minimum atomic E-state index is -0.224. The number of nitrogens with zero attached hydrogens (tertiary/aromatic N) is 1. The Kier molecular flexibility index (Phi) is 4.20. The quantitative estimate of drug-likeness (QED) is 0.780. The second kappa shape index (κ2) is 5.87. The predicted octanol–water partition coefficient (Wildman–Crippen LogP) is 1.84. The molecule has 0 N–H and O–H groups in total. The van der Waals surface area contributed by atoms with Gasteiger partial charge in [0.2, 0.25) is 5.91 Å². The number of likely N-dealkylation sites (tertiary alicyclic amines) is 1. The molecule has 0 saturated carbocycles. The lowest BCUT2D eigenvalue weighted by Gasteiger charge is -2.35. The van der Waals surface area contributed by atoms with Gasteiger partial charge in [0, 0.05) is 19.5 Å². The molecule has 102 valence electrons. The van der Waals surface area contributed by atoms with Crippen molar-refractivity contribution in [2.24, 2.45) is 11.8 Å². The number of rotatable bonds is 3. The van der Waals surface area contributed by atoms with Crippen molar-refractivity contribution in [1.82, 2.24) is 4.90 Å². The highest BCUT2D eigenvalue weighted by Crippen LogP contribution is 2.26. The highest BCUT2D eigenvalue weighted by atomic mass is 16.5. The Bertz CT molecular complexity index is 458. The van der Waals surface area contributed by atoms with Crippen molar-refractivity contribution in [2.75, 3.05) is 13.7 Å². The summed E-state index contributed by atoms with van der Waals surface area (Å²) in [5.74, 6) is -0.284. The monoisotopic (exact) mass is 261 g/mol. The van der Waals surface area contributed by atoms with Crippen LogP contribution in [0.25, 0.3) is 0 Å². The summed E-state index contributed by atoms with van der Waals surface area (Å²) in [7, 11) is 1.40. The average Bonchev–Trinajstić information content (AvgIpc) is 2.42. The first-order valence-corrected chi connectivity index (χ1v) is 6.51. The van der Waals surface area contributed by atoms with Gasteiger partial charge in [0.05, 0.1) is 13.0 Å². The molecular weight excluding hydrogens is 242 g/mol. The number of esters is 1. The number of ether oxygens (including phenoxy) is 1. The minimum absolute atomic E-state index is 0.0481. The Hall–Kier alpha value is -1.84. The van der Waals surface area contributed by atoms with Gasteiger partial charge in [0.15, 0.2) is 0 Å². The third-order valence-electron chi connectivity index (χ3n) is 3.67. The summed E-state index contributed by atoms with van der Waals surface area (Å²) < 4.78 is 4.82. The van der Waals surface area contributed by atoms with Crippen LogP contribution in [0.4, 0.5) is 0 Å². The molecule has 1 saturated heterocycles. The van der Waals surface area contributed by atoms with Crippen molar-refractivity contribution in [3.8, 4) is 0 Å². The van der Waals surface area contributed by atoms with Crippen LogP contribution in [0.15, 0.2) is 30.3 Å². The Morgan fingerprint density at radius 2 is 2.05 bits per heavy atom. The summed E-state index contributed by atoms with van der Waals surface area (Å²) in [6.07, 6.45) is 0.409. The lowest BCUT2D eigenvalue weighted by Crippen LogP contribution is -2.46. The van der Waals surface area contributed by atoms with Crippen LogP contribution in [0.3, 0.4) is 0 Å². The molecule has 2 atom stereocenters. The fraction of sp³-hybridized carbons (Fsp3) is 0.467. The van der Waals surface area contributed by atoms with Crippen LogP contribution in [-0.4, -0.2) is 30.4 Å². The number of carbonyl (C=O) groups excluding carboxylic acids is 2. The van der Waals surface area contributed by atoms with Gasteiger partial charge < -0.3 is 9.64 Å². The standard InChI is InChI=1S/C15H19NO3/c1-11-8-14(17)16(10-13(11)15(18)19-2)9-12-6-4-3-5-7-12/h3-7,11,13H,8-10H2,1-2H3/t11-,13+/m0/s1. The molecule has 4 nitrogen and oxygen atoms in total. The van der Waals surface area contributed by atoms with Crippen LogP contribution in [0.2, 0.25) is 0 Å². The van der Waals surface area contributed by atoms with E-state index in [-0.39, 0.29) is 23.7 Å². The van der Waals surface area contributed by atoms with E-state index in [1.807, 2.05) is 37.3 Å². The summed E-state index contributed by atoms with van der Waals surface area (Å²) in [5, 5.41) is 0. The fourth-order valence-corrected chi connectivity index (χ4v) is 2.48. The van der Waals surface area contributed by atoms with Crippen LogP contribution in [0.1, 0.15) is 18.9 Å². The van der Waals surface area contributed by atoms with Crippen LogP contribution >= 0.6 is 0 Å². The van der Waals surface area contributed by atoms with E-state index in [4.69, 9.17) is 4.74 Å². The zero-order chi connectivity index (χ0) is 13.8. The second-order valence-corrected chi connectivity index (χ2v) is 5.07. The van der Waals surface area contributed by atoms with Gasteiger partial charge >= 0.3 is 5.97 Å². The number of hydrogen-bond acceptors (Lipinski definition) is 3. The number of methoxy groups -OCH3 is 1. The lowest BCUT2D eigenvalue weighted by molar-refractivity contribution is -0.153. The van der Waals surface area contributed by atoms with E-state index in [1.54, 1.807) is 4.90 Å². The summed E-state index contributed by atoms with van der Waals surface area (Å²) in [6, 6.07) is 9.81. The number of amides is 1. The summed E-state index contributed by atoms with van der Waals surface area (Å²) in [4.78, 5) is 25.5. The summed E-state index contributed by atoms with van der Waals surface area (Å²) in [5.41, 5.74) is 1.08. The Morgan fingerprint density at radius 3 is 2.68 bits per heavy atom. The van der Waals surface area contributed by atoms with E-state index in [9.17, 15) is 9.59 Å². The molecule has 19 heavy (non-hydrogen) atoms. The minimum Gasteiger partial charge on any atom is -0.469 e. The molecule has 4 heteroatoms. The van der Waals surface area contributed by atoms with Crippen molar-refractivity contribution in [3.05, 3.63) is 35.9 Å². The lowest BCUT2D eigenvalue weighted by atomic mass is 9.86. The molecule has 1 aliphatic heterocycles. The number of hydrogen-bond donors (Lipinski definition) is 0. The normalized spacial score (nSPS) is 23.3. The van der Waals surface area contributed by atoms with E-state index < -0.39 is 0 Å². The van der Waals surface area contributed by atoms with Gasteiger partial charge in [0.25, 0.3) is 0 Å². The Morgan fingerprint density at radius 1 is 1.37 bits per heavy atom. The van der Waals surface area contributed by atoms with Gasteiger partial charge in [-0.05, 0) is 11.5 Å². The molecule has 0 bridgehead atoms. The average molecular weight is 261 g/mol. The van der Waals surface area contributed by atoms with Crippen molar-refractivity contribution in [1.29, 1.82) is 0 Å². The highest BCUT2D eigenvalue weighted by Gasteiger charge is 2.36. The highest BCUT2D eigenvalue weighted by molar-refractivity contribution is 5.81. The third kappa shape index (κ3) is 3.13. The first kappa shape index (κ1) is 13.6. The predicted molar refractivity (Wildman–Crippen MR) is 71.1 cm³/mol. The third-order valence-corrected chi connectivity index (χ3v) is 3.67. The Balaban J connectivity index is 2.08. The van der Waals surface area contributed by atoms with Gasteiger partial charge in [-0.1, -0.05) is 37.3 Å². The topological polar surface area (TPSA) is 46.6 Å². The van der Waals surface area contributed by atoms with Crippen molar-refractivity contribution < 1.29 is 14.3 Å². The first-order chi connectivity index (χ1) is 9.11. The molecule has 1 aliphatic rings. The molecule has 1 aromatic rings. The molecular formula is C15H19NO3. The fourth-order valence-electron chi connectivity index (χ4n) is 2.48. The summed E-state index contributed by atoms with van der Waals surface area (Å²) in [6.45, 7) is 2.93. The van der Waals surface area contributed by atoms with E-state index in [0.29, 0.717) is 19.5 Å². The SMILES string of the molecule is COC(=O)[C@@H]1CN(Cc2ccccc2)C(=O)C[C@@H]1C. The smallest absolute Gasteiger partial charge is 0.310 e. The van der Waals surface area contributed by atoms with Crippen molar-refractivity contribution >= 4 is 11.9 Å². The molecule has 1 amide bonds. The number of carbonyl (C=O) groups is 2. The van der Waals surface area contributed by atoms with Crippen molar-refractivity contribution in [2.45, 2.75) is 19.9 Å². The number of benzene rings is 1. The molecule has 2 rings (SSSR count). The number of piperidine rings is 1. The maximum absolute atomic E-state index is 12.0. The molecule has 0 spiro atoms. The molecule has 0 aliphatic carbocycles. The van der Waals surface area contributed by atoms with Gasteiger partial charge in [-0.15, -0.1) is 0 Å². The van der Waals surface area contributed by atoms with Crippen LogP contribution in [0.5, 0.6) is 0 Å². The van der Waals surface area contributed by atoms with E-state index in [1.165, 1.54) is 7.11 Å². The summed E-state index contributed by atoms with van der Waals surface area (Å²) >= 11 is 0. The molecule has 0 radical (unpaired) electrons. The molecule has 0 aromatic heterocycles.